The van der Waals surface area contributed by atoms with E-state index in [0.717, 1.165) is 19.3 Å². The summed E-state index contributed by atoms with van der Waals surface area (Å²) in [5.41, 5.74) is 0. The van der Waals surface area contributed by atoms with Gasteiger partial charge in [0.15, 0.2) is 0 Å². The van der Waals surface area contributed by atoms with Crippen molar-refractivity contribution in [2.45, 2.75) is 57.9 Å². The smallest absolute Gasteiger partial charge is 0.250 e. The number of nitrogens with zero attached hydrogens (tertiary/aromatic N) is 1. The van der Waals surface area contributed by atoms with Gasteiger partial charge in [-0.3, -0.25) is 4.90 Å². The minimum Gasteiger partial charge on any atom is -0.300 e. The van der Waals surface area contributed by atoms with E-state index >= 15 is 0 Å². The second-order valence-corrected chi connectivity index (χ2v) is 4.24. The summed E-state index contributed by atoms with van der Waals surface area (Å²) < 4.78 is 25.8. The number of hydrogen-bond donors (Lipinski definition) is 0. The van der Waals surface area contributed by atoms with Crippen molar-refractivity contribution in [1.29, 1.82) is 0 Å². The van der Waals surface area contributed by atoms with Crippen LogP contribution in [0, 0.1) is 0 Å². The topological polar surface area (TPSA) is 3.24 Å². The van der Waals surface area contributed by atoms with Crippen molar-refractivity contribution in [3.05, 3.63) is 0 Å². The molecule has 0 amide bonds. The van der Waals surface area contributed by atoms with E-state index in [0.29, 0.717) is 19.1 Å². The monoisotopic (exact) mass is 205 g/mol. The van der Waals surface area contributed by atoms with Gasteiger partial charge in [0, 0.05) is 32.0 Å². The van der Waals surface area contributed by atoms with Gasteiger partial charge < -0.3 is 0 Å². The fourth-order valence-electron chi connectivity index (χ4n) is 2.19. The van der Waals surface area contributed by atoms with Gasteiger partial charge in [-0.05, 0) is 12.8 Å². The Labute approximate surface area is 85.5 Å². The number of piperidine rings is 1. The molecule has 0 spiro atoms. The minimum atomic E-state index is -2.40. The van der Waals surface area contributed by atoms with E-state index < -0.39 is 5.92 Å². The molecule has 1 aliphatic rings. The van der Waals surface area contributed by atoms with Crippen molar-refractivity contribution in [2.24, 2.45) is 0 Å². The van der Waals surface area contributed by atoms with Gasteiger partial charge in [0.1, 0.15) is 0 Å². The Morgan fingerprint density at radius 1 is 1.21 bits per heavy atom. The second-order valence-electron chi connectivity index (χ2n) is 4.24. The highest BCUT2D eigenvalue weighted by atomic mass is 19.3. The molecule has 0 bridgehead atoms. The van der Waals surface area contributed by atoms with Crippen LogP contribution in [-0.4, -0.2) is 30.0 Å². The Morgan fingerprint density at radius 3 is 2.21 bits per heavy atom. The highest BCUT2D eigenvalue weighted by Crippen LogP contribution is 2.29. The second kappa shape index (κ2) is 5.06. The Balaban J connectivity index is 2.39. The van der Waals surface area contributed by atoms with Crippen LogP contribution in [0.2, 0.25) is 0 Å². The number of halogens is 2. The van der Waals surface area contributed by atoms with Gasteiger partial charge >= 0.3 is 0 Å². The van der Waals surface area contributed by atoms with E-state index in [4.69, 9.17) is 0 Å². The fraction of sp³-hybridized carbons (Fsp3) is 1.00. The Morgan fingerprint density at radius 2 is 1.79 bits per heavy atom. The van der Waals surface area contributed by atoms with Gasteiger partial charge in [-0.25, -0.2) is 8.78 Å². The lowest BCUT2D eigenvalue weighted by atomic mass is 10.0. The van der Waals surface area contributed by atoms with Crippen LogP contribution in [0.25, 0.3) is 0 Å². The third kappa shape index (κ3) is 3.19. The van der Waals surface area contributed by atoms with Crippen LogP contribution in [-0.2, 0) is 0 Å². The molecule has 1 unspecified atom stereocenters. The lowest BCUT2D eigenvalue weighted by Gasteiger charge is -2.37. The van der Waals surface area contributed by atoms with Crippen molar-refractivity contribution in [1.82, 2.24) is 4.90 Å². The summed E-state index contributed by atoms with van der Waals surface area (Å²) in [5, 5.41) is 0. The largest absolute Gasteiger partial charge is 0.300 e. The van der Waals surface area contributed by atoms with Crippen LogP contribution in [0.3, 0.4) is 0 Å². The molecule has 1 fully saturated rings. The van der Waals surface area contributed by atoms with Crippen molar-refractivity contribution >= 4 is 0 Å². The van der Waals surface area contributed by atoms with Crippen LogP contribution in [0.15, 0.2) is 0 Å². The summed E-state index contributed by atoms with van der Waals surface area (Å²) in [7, 11) is 0. The molecule has 0 aromatic heterocycles. The van der Waals surface area contributed by atoms with E-state index in [9.17, 15) is 8.78 Å². The van der Waals surface area contributed by atoms with Gasteiger partial charge in [-0.2, -0.15) is 0 Å². The number of rotatable bonds is 4. The standard InChI is InChI=1S/C11H21F2N/c1-3-5-10(4-2)14-8-6-11(12,13)7-9-14/h10H,3-9H2,1-2H3. The average Bonchev–Trinajstić information content (AvgIpc) is 2.15. The quantitative estimate of drug-likeness (QED) is 0.680. The summed E-state index contributed by atoms with van der Waals surface area (Å²) >= 11 is 0. The predicted molar refractivity (Wildman–Crippen MR) is 54.7 cm³/mol. The molecule has 0 aromatic carbocycles. The van der Waals surface area contributed by atoms with Gasteiger partial charge in [-0.1, -0.05) is 20.3 Å². The molecule has 0 saturated carbocycles. The van der Waals surface area contributed by atoms with E-state index in [2.05, 4.69) is 18.7 Å². The first-order chi connectivity index (χ1) is 6.59. The van der Waals surface area contributed by atoms with Crippen molar-refractivity contribution < 1.29 is 8.78 Å². The average molecular weight is 205 g/mol. The third-order valence-electron chi connectivity index (χ3n) is 3.14. The number of alkyl halides is 2. The third-order valence-corrected chi connectivity index (χ3v) is 3.14. The predicted octanol–water partition coefficient (Wildman–Crippen LogP) is 3.30. The molecule has 1 rings (SSSR count). The lowest BCUT2D eigenvalue weighted by Crippen LogP contribution is -2.44. The number of hydrogen-bond acceptors (Lipinski definition) is 1. The van der Waals surface area contributed by atoms with Crippen LogP contribution in [0.4, 0.5) is 8.78 Å². The highest BCUT2D eigenvalue weighted by Gasteiger charge is 2.35. The molecule has 0 N–H and O–H groups in total. The molecule has 3 heteroatoms. The SMILES string of the molecule is CCCC(CC)N1CCC(F)(F)CC1. The van der Waals surface area contributed by atoms with Gasteiger partial charge in [-0.15, -0.1) is 0 Å². The zero-order chi connectivity index (χ0) is 10.6. The summed E-state index contributed by atoms with van der Waals surface area (Å²) in [6.07, 6.45) is 3.47. The van der Waals surface area contributed by atoms with Crippen LogP contribution >= 0.6 is 0 Å². The molecule has 1 saturated heterocycles. The fourth-order valence-corrected chi connectivity index (χ4v) is 2.19. The highest BCUT2D eigenvalue weighted by molar-refractivity contribution is 4.81. The van der Waals surface area contributed by atoms with E-state index in [1.165, 1.54) is 0 Å². The van der Waals surface area contributed by atoms with Gasteiger partial charge in [0.05, 0.1) is 0 Å². The molecule has 0 radical (unpaired) electrons. The van der Waals surface area contributed by atoms with Crippen molar-refractivity contribution in [2.75, 3.05) is 13.1 Å². The molecule has 1 atom stereocenters. The molecule has 84 valence electrons. The molecule has 14 heavy (non-hydrogen) atoms. The zero-order valence-electron chi connectivity index (χ0n) is 9.23. The Hall–Kier alpha value is -0.180. The normalized spacial score (nSPS) is 24.9. The first-order valence-electron chi connectivity index (χ1n) is 5.71. The minimum absolute atomic E-state index is 0.0488. The Kier molecular flexibility index (Phi) is 4.30. The van der Waals surface area contributed by atoms with Crippen molar-refractivity contribution in [3.8, 4) is 0 Å². The van der Waals surface area contributed by atoms with Crippen LogP contribution in [0.5, 0.6) is 0 Å². The maximum Gasteiger partial charge on any atom is 0.250 e. The van der Waals surface area contributed by atoms with Crippen LogP contribution < -0.4 is 0 Å². The maximum atomic E-state index is 12.9. The first kappa shape index (κ1) is 11.9. The van der Waals surface area contributed by atoms with E-state index in [1.54, 1.807) is 0 Å². The molecular formula is C11H21F2N. The van der Waals surface area contributed by atoms with Gasteiger partial charge in [0.25, 0.3) is 5.92 Å². The molecule has 0 aliphatic carbocycles. The van der Waals surface area contributed by atoms with Gasteiger partial charge in [0.2, 0.25) is 0 Å². The summed E-state index contributed by atoms with van der Waals surface area (Å²) in [6, 6.07) is 0.524. The van der Waals surface area contributed by atoms with Crippen molar-refractivity contribution in [3.63, 3.8) is 0 Å². The molecule has 0 aromatic rings. The summed E-state index contributed by atoms with van der Waals surface area (Å²) in [4.78, 5) is 2.24. The molecule has 1 heterocycles. The number of likely N-dealkylation sites (tertiary alicyclic amines) is 1. The summed E-state index contributed by atoms with van der Waals surface area (Å²) in [5.74, 6) is -2.40. The zero-order valence-corrected chi connectivity index (χ0v) is 9.23. The van der Waals surface area contributed by atoms with E-state index in [1.807, 2.05) is 0 Å². The lowest BCUT2D eigenvalue weighted by molar-refractivity contribution is -0.0639. The molecular weight excluding hydrogens is 184 g/mol. The summed E-state index contributed by atoms with van der Waals surface area (Å²) in [6.45, 7) is 5.45. The first-order valence-corrected chi connectivity index (χ1v) is 5.71. The maximum absolute atomic E-state index is 12.9. The molecule has 1 aliphatic heterocycles. The van der Waals surface area contributed by atoms with Crippen LogP contribution in [0.1, 0.15) is 46.0 Å². The van der Waals surface area contributed by atoms with E-state index in [-0.39, 0.29) is 12.8 Å². The Bertz CT molecular complexity index is 161. The molecule has 1 nitrogen and oxygen atoms in total.